The molecule has 0 aliphatic carbocycles. The molecule has 7 nitrogen and oxygen atoms in total. The van der Waals surface area contributed by atoms with Crippen molar-refractivity contribution in [1.29, 1.82) is 0 Å². The molecule has 1 amide bonds. The molecule has 0 saturated heterocycles. The summed E-state index contributed by atoms with van der Waals surface area (Å²) in [6.07, 6.45) is 1.46. The maximum Gasteiger partial charge on any atom is 0.410 e. The first kappa shape index (κ1) is 25.7. The molecule has 2 aromatic carbocycles. The van der Waals surface area contributed by atoms with E-state index in [4.69, 9.17) is 4.74 Å². The Morgan fingerprint density at radius 1 is 1.18 bits per heavy atom. The van der Waals surface area contributed by atoms with E-state index in [-0.39, 0.29) is 22.7 Å². The number of nitro benzene ring substituents is 1. The summed E-state index contributed by atoms with van der Waals surface area (Å²) in [5.41, 5.74) is 2.82. The molecule has 0 bridgehead atoms. The lowest BCUT2D eigenvalue weighted by molar-refractivity contribution is -0.385. The van der Waals surface area contributed by atoms with Crippen molar-refractivity contribution < 1.29 is 14.5 Å². The van der Waals surface area contributed by atoms with Crippen molar-refractivity contribution in [2.75, 3.05) is 13.1 Å². The molecule has 1 aliphatic heterocycles. The first-order valence-corrected chi connectivity index (χ1v) is 12.0. The second kappa shape index (κ2) is 11.0. The summed E-state index contributed by atoms with van der Waals surface area (Å²) in [4.78, 5) is 28.1. The van der Waals surface area contributed by atoms with Crippen molar-refractivity contribution in [3.05, 3.63) is 75.3 Å². The lowest BCUT2D eigenvalue weighted by Crippen LogP contribution is -2.46. The van der Waals surface area contributed by atoms with Gasteiger partial charge < -0.3 is 9.64 Å². The van der Waals surface area contributed by atoms with Crippen LogP contribution in [0.15, 0.2) is 48.5 Å². The van der Waals surface area contributed by atoms with Crippen LogP contribution in [0, 0.1) is 16.0 Å². The Labute approximate surface area is 202 Å². The molecular formula is C27H37N3O4. The number of hydrogen-bond donors (Lipinski definition) is 0. The molecular weight excluding hydrogens is 430 g/mol. The summed E-state index contributed by atoms with van der Waals surface area (Å²) >= 11 is 0. The lowest BCUT2D eigenvalue weighted by atomic mass is 9.89. The van der Waals surface area contributed by atoms with Crippen LogP contribution in [0.2, 0.25) is 0 Å². The number of rotatable bonds is 8. The number of nitrogens with zero attached hydrogens (tertiary/aromatic N) is 3. The number of fused-ring (bicyclic) bond motifs is 1. The van der Waals surface area contributed by atoms with Gasteiger partial charge in [0.05, 0.1) is 4.92 Å². The number of carbonyl (C=O) groups excluding carboxylic acids is 1. The zero-order chi connectivity index (χ0) is 24.9. The van der Waals surface area contributed by atoms with Gasteiger partial charge in [-0.2, -0.15) is 0 Å². The van der Waals surface area contributed by atoms with E-state index in [1.54, 1.807) is 17.0 Å². The van der Waals surface area contributed by atoms with Crippen molar-refractivity contribution in [3.8, 4) is 0 Å². The molecule has 1 atom stereocenters. The van der Waals surface area contributed by atoms with E-state index in [1.807, 2.05) is 57.2 Å². The second-order valence-electron chi connectivity index (χ2n) is 10.6. The summed E-state index contributed by atoms with van der Waals surface area (Å²) in [5, 5.41) is 11.2. The number of amides is 1. The smallest absolute Gasteiger partial charge is 0.410 e. The van der Waals surface area contributed by atoms with E-state index in [1.165, 1.54) is 0 Å². The molecule has 0 fully saturated rings. The Balaban J connectivity index is 1.78. The van der Waals surface area contributed by atoms with Gasteiger partial charge in [-0.15, -0.1) is 0 Å². The summed E-state index contributed by atoms with van der Waals surface area (Å²) in [6.45, 7) is 12.5. The van der Waals surface area contributed by atoms with Crippen molar-refractivity contribution in [1.82, 2.24) is 9.80 Å². The third-order valence-corrected chi connectivity index (χ3v) is 6.01. The van der Waals surface area contributed by atoms with E-state index >= 15 is 0 Å². The van der Waals surface area contributed by atoms with Gasteiger partial charge in [0, 0.05) is 44.4 Å². The maximum absolute atomic E-state index is 13.0. The fraction of sp³-hybridized carbons (Fsp3) is 0.519. The van der Waals surface area contributed by atoms with Crippen LogP contribution in [0.4, 0.5) is 10.5 Å². The predicted molar refractivity (Wildman–Crippen MR) is 134 cm³/mol. The fourth-order valence-corrected chi connectivity index (χ4v) is 4.45. The molecule has 2 aromatic rings. The molecule has 7 heteroatoms. The minimum absolute atomic E-state index is 0.148. The van der Waals surface area contributed by atoms with E-state index in [9.17, 15) is 14.9 Å². The molecule has 1 heterocycles. The lowest BCUT2D eigenvalue weighted by Gasteiger charge is -2.39. The van der Waals surface area contributed by atoms with Crippen molar-refractivity contribution >= 4 is 11.8 Å². The number of ether oxygens (including phenoxy) is 1. The van der Waals surface area contributed by atoms with E-state index in [0.29, 0.717) is 25.6 Å². The van der Waals surface area contributed by atoms with Gasteiger partial charge >= 0.3 is 6.09 Å². The molecule has 0 radical (unpaired) electrons. The van der Waals surface area contributed by atoms with Crippen LogP contribution in [0.1, 0.15) is 57.7 Å². The normalized spacial score (nSPS) is 16.2. The average molecular weight is 468 g/mol. The highest BCUT2D eigenvalue weighted by atomic mass is 16.6. The van der Waals surface area contributed by atoms with Crippen LogP contribution in [0.3, 0.4) is 0 Å². The topological polar surface area (TPSA) is 75.9 Å². The second-order valence-corrected chi connectivity index (χ2v) is 10.6. The molecule has 3 rings (SSSR count). The molecule has 34 heavy (non-hydrogen) atoms. The quantitative estimate of drug-likeness (QED) is 0.362. The monoisotopic (exact) mass is 467 g/mol. The van der Waals surface area contributed by atoms with Crippen LogP contribution >= 0.6 is 0 Å². The Kier molecular flexibility index (Phi) is 8.31. The molecule has 0 aromatic heterocycles. The van der Waals surface area contributed by atoms with Gasteiger partial charge in [-0.05, 0) is 56.2 Å². The highest BCUT2D eigenvalue weighted by Gasteiger charge is 2.29. The van der Waals surface area contributed by atoms with Crippen LogP contribution in [-0.2, 0) is 24.2 Å². The van der Waals surface area contributed by atoms with E-state index in [0.717, 1.165) is 36.1 Å². The standard InChI is InChI=1S/C27H37N3O4/c1-20(2)15-25-17-23-16-24(30(32)33)12-11-22(23)19-28(25)13-14-29(26(31)34-27(3,4)5)18-21-9-7-6-8-10-21/h6-12,16,20,25H,13-15,17-19H2,1-5H3. The predicted octanol–water partition coefficient (Wildman–Crippen LogP) is 5.80. The first-order valence-electron chi connectivity index (χ1n) is 12.0. The van der Waals surface area contributed by atoms with Gasteiger partial charge in [0.15, 0.2) is 0 Å². The summed E-state index contributed by atoms with van der Waals surface area (Å²) < 4.78 is 5.70. The summed E-state index contributed by atoms with van der Waals surface area (Å²) in [5.74, 6) is 0.499. The van der Waals surface area contributed by atoms with Gasteiger partial charge in [0.1, 0.15) is 5.60 Å². The Bertz CT molecular complexity index is 985. The Hall–Kier alpha value is -2.93. The Morgan fingerprint density at radius 3 is 2.50 bits per heavy atom. The van der Waals surface area contributed by atoms with Crippen LogP contribution in [-0.4, -0.2) is 45.5 Å². The molecule has 0 N–H and O–H groups in total. The van der Waals surface area contributed by atoms with Crippen LogP contribution in [0.25, 0.3) is 0 Å². The number of nitro groups is 1. The number of benzene rings is 2. The minimum atomic E-state index is -0.565. The van der Waals surface area contributed by atoms with E-state index < -0.39 is 5.60 Å². The fourth-order valence-electron chi connectivity index (χ4n) is 4.45. The van der Waals surface area contributed by atoms with Crippen molar-refractivity contribution in [2.24, 2.45) is 5.92 Å². The van der Waals surface area contributed by atoms with Crippen LogP contribution in [0.5, 0.6) is 0 Å². The number of non-ortho nitro benzene ring substituents is 1. The molecule has 0 spiro atoms. The number of carbonyl (C=O) groups is 1. The highest BCUT2D eigenvalue weighted by Crippen LogP contribution is 2.29. The van der Waals surface area contributed by atoms with Gasteiger partial charge in [0.25, 0.3) is 5.69 Å². The minimum Gasteiger partial charge on any atom is -0.444 e. The highest BCUT2D eigenvalue weighted by molar-refractivity contribution is 5.68. The molecule has 1 unspecified atom stereocenters. The first-order chi connectivity index (χ1) is 16.0. The molecule has 184 valence electrons. The van der Waals surface area contributed by atoms with Crippen molar-refractivity contribution in [3.63, 3.8) is 0 Å². The zero-order valence-corrected chi connectivity index (χ0v) is 21.0. The largest absolute Gasteiger partial charge is 0.444 e. The Morgan fingerprint density at radius 2 is 1.88 bits per heavy atom. The zero-order valence-electron chi connectivity index (χ0n) is 21.0. The maximum atomic E-state index is 13.0. The third-order valence-electron chi connectivity index (χ3n) is 6.01. The van der Waals surface area contributed by atoms with Crippen molar-refractivity contribution in [2.45, 2.75) is 72.2 Å². The average Bonchev–Trinajstić information content (AvgIpc) is 2.75. The van der Waals surface area contributed by atoms with Gasteiger partial charge in [-0.3, -0.25) is 15.0 Å². The van der Waals surface area contributed by atoms with Crippen LogP contribution < -0.4 is 0 Å². The number of hydrogen-bond acceptors (Lipinski definition) is 5. The van der Waals surface area contributed by atoms with Gasteiger partial charge in [0.2, 0.25) is 0 Å². The summed E-state index contributed by atoms with van der Waals surface area (Å²) in [7, 11) is 0. The van der Waals surface area contributed by atoms with Gasteiger partial charge in [-0.1, -0.05) is 50.2 Å². The van der Waals surface area contributed by atoms with Gasteiger partial charge in [-0.25, -0.2) is 4.79 Å². The summed E-state index contributed by atoms with van der Waals surface area (Å²) in [6, 6.07) is 15.4. The SMILES string of the molecule is CC(C)CC1Cc2cc([N+](=O)[O-])ccc2CN1CCN(Cc1ccccc1)C(=O)OC(C)(C)C. The molecule has 1 aliphatic rings. The molecule has 0 saturated carbocycles. The van der Waals surface area contributed by atoms with E-state index in [2.05, 4.69) is 18.7 Å². The third kappa shape index (κ3) is 7.29.